The fraction of sp³-hybridized carbons (Fsp3) is 0.429. The van der Waals surface area contributed by atoms with Crippen molar-refractivity contribution in [3.8, 4) is 0 Å². The molecule has 2 atom stereocenters. The van der Waals surface area contributed by atoms with Gasteiger partial charge in [-0.1, -0.05) is 12.1 Å². The van der Waals surface area contributed by atoms with Gasteiger partial charge in [0.2, 0.25) is 5.91 Å². The molecule has 0 aromatic heterocycles. The number of carbonyl (C=O) groups is 2. The molecule has 20 heavy (non-hydrogen) atoms. The lowest BCUT2D eigenvalue weighted by Gasteiger charge is -2.11. The van der Waals surface area contributed by atoms with Crippen LogP contribution in [0.3, 0.4) is 0 Å². The molecule has 1 aromatic rings. The molecule has 2 rings (SSSR count). The zero-order valence-corrected chi connectivity index (χ0v) is 11.0. The summed E-state index contributed by atoms with van der Waals surface area (Å²) in [5.74, 6) is -1.03. The second-order valence-electron chi connectivity index (χ2n) is 4.93. The molecule has 1 saturated heterocycles. The first kappa shape index (κ1) is 14.5. The van der Waals surface area contributed by atoms with E-state index in [4.69, 9.17) is 5.11 Å². The van der Waals surface area contributed by atoms with Crippen molar-refractivity contribution in [2.75, 3.05) is 11.9 Å². The van der Waals surface area contributed by atoms with Crippen LogP contribution in [0.5, 0.6) is 0 Å². The van der Waals surface area contributed by atoms with Crippen molar-refractivity contribution in [1.82, 2.24) is 5.32 Å². The summed E-state index contributed by atoms with van der Waals surface area (Å²) in [6.07, 6.45) is 0.422. The molecule has 6 heteroatoms. The summed E-state index contributed by atoms with van der Waals surface area (Å²) in [6.45, 7) is 0.427. The molecular formula is C14H18N2O4. The van der Waals surface area contributed by atoms with Crippen LogP contribution in [0, 0.1) is 0 Å². The Labute approximate surface area is 116 Å². The largest absolute Gasteiger partial charge is 0.481 e. The minimum Gasteiger partial charge on any atom is -0.481 e. The molecular weight excluding hydrogens is 260 g/mol. The Kier molecular flexibility index (Phi) is 4.70. The standard InChI is InChI=1S/C14H18N2O4/c17-11-7-12(15-8-11)14(20)16-10-3-1-2-9(6-10)4-5-13(18)19/h1-3,6,11-12,15,17H,4-5,7-8H2,(H,16,20)(H,18,19). The number of hydrogen-bond acceptors (Lipinski definition) is 4. The van der Waals surface area contributed by atoms with Crippen molar-refractivity contribution in [3.05, 3.63) is 29.8 Å². The maximum absolute atomic E-state index is 12.0. The average molecular weight is 278 g/mol. The summed E-state index contributed by atoms with van der Waals surface area (Å²) in [5, 5.41) is 23.8. The SMILES string of the molecule is O=C(O)CCc1cccc(NC(=O)C2CC(O)CN2)c1. The molecule has 2 unspecified atom stereocenters. The number of hydrogen-bond donors (Lipinski definition) is 4. The Morgan fingerprint density at radius 2 is 2.20 bits per heavy atom. The first-order valence-electron chi connectivity index (χ1n) is 6.57. The van der Waals surface area contributed by atoms with Gasteiger partial charge >= 0.3 is 5.97 Å². The van der Waals surface area contributed by atoms with E-state index in [0.717, 1.165) is 5.56 Å². The van der Waals surface area contributed by atoms with Gasteiger partial charge in [-0.15, -0.1) is 0 Å². The molecule has 1 amide bonds. The topological polar surface area (TPSA) is 98.7 Å². The predicted molar refractivity (Wildman–Crippen MR) is 73.4 cm³/mol. The number of rotatable bonds is 5. The van der Waals surface area contributed by atoms with Gasteiger partial charge in [-0.2, -0.15) is 0 Å². The average Bonchev–Trinajstić information content (AvgIpc) is 2.84. The number of aliphatic carboxylic acids is 1. The van der Waals surface area contributed by atoms with E-state index in [9.17, 15) is 14.7 Å². The van der Waals surface area contributed by atoms with Gasteiger partial charge in [0.15, 0.2) is 0 Å². The van der Waals surface area contributed by atoms with E-state index >= 15 is 0 Å². The number of aryl methyl sites for hydroxylation is 1. The number of aliphatic hydroxyl groups is 1. The van der Waals surface area contributed by atoms with Crippen LogP contribution in [0.15, 0.2) is 24.3 Å². The van der Waals surface area contributed by atoms with Crippen LogP contribution in [0.25, 0.3) is 0 Å². The van der Waals surface area contributed by atoms with Gasteiger partial charge in [-0.25, -0.2) is 0 Å². The third-order valence-corrected chi connectivity index (χ3v) is 3.25. The highest BCUT2D eigenvalue weighted by molar-refractivity contribution is 5.95. The highest BCUT2D eigenvalue weighted by Crippen LogP contribution is 2.14. The molecule has 0 bridgehead atoms. The third-order valence-electron chi connectivity index (χ3n) is 3.25. The Morgan fingerprint density at radius 3 is 2.85 bits per heavy atom. The molecule has 0 aliphatic carbocycles. The molecule has 6 nitrogen and oxygen atoms in total. The maximum Gasteiger partial charge on any atom is 0.303 e. The van der Waals surface area contributed by atoms with Crippen molar-refractivity contribution in [2.45, 2.75) is 31.4 Å². The van der Waals surface area contributed by atoms with E-state index in [1.165, 1.54) is 0 Å². The van der Waals surface area contributed by atoms with Crippen molar-refractivity contribution in [1.29, 1.82) is 0 Å². The lowest BCUT2D eigenvalue weighted by Crippen LogP contribution is -2.35. The monoisotopic (exact) mass is 278 g/mol. The summed E-state index contributed by atoms with van der Waals surface area (Å²) >= 11 is 0. The Bertz CT molecular complexity index is 504. The summed E-state index contributed by atoms with van der Waals surface area (Å²) in [6, 6.07) is 6.76. The molecule has 1 aromatic carbocycles. The van der Waals surface area contributed by atoms with E-state index in [1.54, 1.807) is 18.2 Å². The molecule has 108 valence electrons. The zero-order chi connectivity index (χ0) is 14.5. The van der Waals surface area contributed by atoms with Gasteiger partial charge in [0, 0.05) is 18.7 Å². The number of aliphatic hydroxyl groups excluding tert-OH is 1. The summed E-state index contributed by atoms with van der Waals surface area (Å²) in [5.41, 5.74) is 1.51. The number of carboxylic acid groups (broad SMARTS) is 1. The van der Waals surface area contributed by atoms with E-state index in [1.807, 2.05) is 6.07 Å². The van der Waals surface area contributed by atoms with E-state index in [2.05, 4.69) is 10.6 Å². The fourth-order valence-corrected chi connectivity index (χ4v) is 2.20. The second kappa shape index (κ2) is 6.49. The van der Waals surface area contributed by atoms with E-state index in [0.29, 0.717) is 25.1 Å². The molecule has 0 saturated carbocycles. The normalized spacial score (nSPS) is 21.6. The maximum atomic E-state index is 12.0. The Balaban J connectivity index is 1.93. The fourth-order valence-electron chi connectivity index (χ4n) is 2.20. The zero-order valence-electron chi connectivity index (χ0n) is 11.0. The highest BCUT2D eigenvalue weighted by atomic mass is 16.4. The van der Waals surface area contributed by atoms with Gasteiger partial charge in [-0.05, 0) is 30.5 Å². The lowest BCUT2D eigenvalue weighted by molar-refractivity contribution is -0.137. The number of β-amino-alcohol motifs (C(OH)–C–C–N with tert-alkyl or cyclic N) is 1. The number of carboxylic acids is 1. The van der Waals surface area contributed by atoms with Crippen LogP contribution in [0.4, 0.5) is 5.69 Å². The van der Waals surface area contributed by atoms with Crippen molar-refractivity contribution in [3.63, 3.8) is 0 Å². The number of anilines is 1. The van der Waals surface area contributed by atoms with Crippen LogP contribution in [0.2, 0.25) is 0 Å². The first-order chi connectivity index (χ1) is 9.54. The van der Waals surface area contributed by atoms with Crippen LogP contribution < -0.4 is 10.6 Å². The van der Waals surface area contributed by atoms with Crippen LogP contribution >= 0.6 is 0 Å². The third kappa shape index (κ3) is 4.04. The molecule has 1 aliphatic rings. The quantitative estimate of drug-likeness (QED) is 0.623. The number of carbonyl (C=O) groups excluding carboxylic acids is 1. The lowest BCUT2D eigenvalue weighted by atomic mass is 10.1. The van der Waals surface area contributed by atoms with Crippen molar-refractivity contribution in [2.24, 2.45) is 0 Å². The molecule has 1 aliphatic heterocycles. The first-order valence-corrected chi connectivity index (χ1v) is 6.57. The Morgan fingerprint density at radius 1 is 1.40 bits per heavy atom. The van der Waals surface area contributed by atoms with Gasteiger partial charge in [-0.3, -0.25) is 9.59 Å². The predicted octanol–water partition coefficient (Wildman–Crippen LogP) is 0.365. The smallest absolute Gasteiger partial charge is 0.303 e. The highest BCUT2D eigenvalue weighted by Gasteiger charge is 2.27. The molecule has 0 spiro atoms. The molecule has 1 fully saturated rings. The number of benzene rings is 1. The minimum atomic E-state index is -0.844. The van der Waals surface area contributed by atoms with Gasteiger partial charge in [0.25, 0.3) is 0 Å². The molecule has 1 heterocycles. The molecule has 4 N–H and O–H groups in total. The van der Waals surface area contributed by atoms with Gasteiger partial charge in [0.05, 0.1) is 12.1 Å². The van der Waals surface area contributed by atoms with Gasteiger partial charge in [0.1, 0.15) is 0 Å². The second-order valence-corrected chi connectivity index (χ2v) is 4.93. The minimum absolute atomic E-state index is 0.0633. The van der Waals surface area contributed by atoms with E-state index < -0.39 is 12.1 Å². The Hall–Kier alpha value is -1.92. The van der Waals surface area contributed by atoms with Crippen molar-refractivity contribution >= 4 is 17.6 Å². The number of amides is 1. The van der Waals surface area contributed by atoms with E-state index in [-0.39, 0.29) is 18.4 Å². The van der Waals surface area contributed by atoms with Crippen molar-refractivity contribution < 1.29 is 19.8 Å². The van der Waals surface area contributed by atoms with Crippen LogP contribution in [-0.2, 0) is 16.0 Å². The summed E-state index contributed by atoms with van der Waals surface area (Å²) in [7, 11) is 0. The molecule has 0 radical (unpaired) electrons. The number of nitrogens with one attached hydrogen (secondary N) is 2. The van der Waals surface area contributed by atoms with Gasteiger partial charge < -0.3 is 20.8 Å². The van der Waals surface area contributed by atoms with Crippen LogP contribution in [-0.4, -0.2) is 40.8 Å². The van der Waals surface area contributed by atoms with Crippen LogP contribution in [0.1, 0.15) is 18.4 Å². The summed E-state index contributed by atoms with van der Waals surface area (Å²) < 4.78 is 0. The summed E-state index contributed by atoms with van der Waals surface area (Å²) in [4.78, 5) is 22.5.